The maximum absolute atomic E-state index is 12.2. The van der Waals surface area contributed by atoms with Crippen molar-refractivity contribution in [3.8, 4) is 0 Å². The Labute approximate surface area is 132 Å². The van der Waals surface area contributed by atoms with Crippen LogP contribution in [0.25, 0.3) is 0 Å². The lowest BCUT2D eigenvalue weighted by Crippen LogP contribution is -2.39. The Bertz CT molecular complexity index is 620. The van der Waals surface area contributed by atoms with Crippen LogP contribution in [0.15, 0.2) is 42.6 Å². The van der Waals surface area contributed by atoms with Crippen LogP contribution in [0.2, 0.25) is 10.2 Å². The molecule has 110 valence electrons. The molecule has 4 nitrogen and oxygen atoms in total. The summed E-state index contributed by atoms with van der Waals surface area (Å²) in [6.07, 6.45) is 1.85. The third-order valence-corrected chi connectivity index (χ3v) is 3.46. The molecule has 0 saturated heterocycles. The van der Waals surface area contributed by atoms with Crippen molar-refractivity contribution in [2.24, 2.45) is 0 Å². The monoisotopic (exact) mass is 324 g/mol. The Hall–Kier alpha value is -1.62. The highest BCUT2D eigenvalue weighted by atomic mass is 35.5. The van der Waals surface area contributed by atoms with Crippen LogP contribution in [-0.2, 0) is 6.42 Å². The molecule has 1 unspecified atom stereocenters. The number of aliphatic hydroxyl groups excluding tert-OH is 1. The van der Waals surface area contributed by atoms with Crippen molar-refractivity contribution < 1.29 is 9.90 Å². The van der Waals surface area contributed by atoms with Crippen LogP contribution in [0.4, 0.5) is 0 Å². The number of rotatable bonds is 5. The minimum absolute atomic E-state index is 0.170. The van der Waals surface area contributed by atoms with Crippen LogP contribution in [0, 0.1) is 0 Å². The number of halogens is 2. The summed E-state index contributed by atoms with van der Waals surface area (Å²) >= 11 is 11.7. The van der Waals surface area contributed by atoms with Crippen LogP contribution in [0.3, 0.4) is 0 Å². The predicted molar refractivity (Wildman–Crippen MR) is 82.7 cm³/mol. The maximum atomic E-state index is 12.2. The minimum atomic E-state index is -0.400. The summed E-state index contributed by atoms with van der Waals surface area (Å²) in [7, 11) is 0. The van der Waals surface area contributed by atoms with E-state index in [2.05, 4.69) is 10.3 Å². The van der Waals surface area contributed by atoms with Gasteiger partial charge in [0, 0.05) is 6.20 Å². The highest BCUT2D eigenvalue weighted by Crippen LogP contribution is 2.18. The molecule has 0 spiro atoms. The molecule has 1 amide bonds. The summed E-state index contributed by atoms with van der Waals surface area (Å²) in [6.45, 7) is -0.170. The Morgan fingerprint density at radius 1 is 1.29 bits per heavy atom. The van der Waals surface area contributed by atoms with Gasteiger partial charge in [0.05, 0.1) is 23.2 Å². The number of pyridine rings is 1. The Kier molecular flexibility index (Phi) is 5.56. The minimum Gasteiger partial charge on any atom is -0.394 e. The maximum Gasteiger partial charge on any atom is 0.253 e. The zero-order chi connectivity index (χ0) is 15.2. The van der Waals surface area contributed by atoms with E-state index in [4.69, 9.17) is 23.2 Å². The molecule has 0 radical (unpaired) electrons. The van der Waals surface area contributed by atoms with E-state index in [1.807, 2.05) is 30.3 Å². The molecule has 2 N–H and O–H groups in total. The lowest BCUT2D eigenvalue weighted by atomic mass is 10.1. The fourth-order valence-corrected chi connectivity index (χ4v) is 2.26. The number of hydrogen-bond donors (Lipinski definition) is 2. The van der Waals surface area contributed by atoms with Crippen molar-refractivity contribution in [2.45, 2.75) is 12.5 Å². The van der Waals surface area contributed by atoms with Crippen molar-refractivity contribution in [1.29, 1.82) is 0 Å². The molecule has 2 aromatic rings. The molecule has 0 saturated carbocycles. The number of aromatic nitrogens is 1. The Balaban J connectivity index is 2.07. The van der Waals surface area contributed by atoms with E-state index < -0.39 is 6.04 Å². The SMILES string of the molecule is O=C(NC(CO)Cc1ccccc1)c1cc(Cl)ncc1Cl. The van der Waals surface area contributed by atoms with Crippen molar-refractivity contribution in [3.05, 3.63) is 63.9 Å². The van der Waals surface area contributed by atoms with E-state index in [9.17, 15) is 9.90 Å². The van der Waals surface area contributed by atoms with Gasteiger partial charge in [0.1, 0.15) is 5.15 Å². The highest BCUT2D eigenvalue weighted by molar-refractivity contribution is 6.35. The molecule has 1 aromatic carbocycles. The first-order valence-electron chi connectivity index (χ1n) is 6.37. The predicted octanol–water partition coefficient (Wildman–Crippen LogP) is 2.72. The summed E-state index contributed by atoms with van der Waals surface area (Å²) in [5, 5.41) is 12.6. The van der Waals surface area contributed by atoms with Gasteiger partial charge in [-0.25, -0.2) is 4.98 Å². The van der Waals surface area contributed by atoms with Crippen LogP contribution < -0.4 is 5.32 Å². The molecule has 1 atom stereocenters. The summed E-state index contributed by atoms with van der Waals surface area (Å²) in [5.41, 5.74) is 1.26. The zero-order valence-electron chi connectivity index (χ0n) is 11.1. The first kappa shape index (κ1) is 15.8. The van der Waals surface area contributed by atoms with E-state index in [1.54, 1.807) is 0 Å². The number of carbonyl (C=O) groups excluding carboxylic acids is 1. The first-order valence-corrected chi connectivity index (χ1v) is 7.12. The fraction of sp³-hybridized carbons (Fsp3) is 0.200. The molecule has 2 rings (SSSR count). The van der Waals surface area contributed by atoms with Crippen molar-refractivity contribution in [3.63, 3.8) is 0 Å². The van der Waals surface area contributed by atoms with Gasteiger partial charge in [-0.15, -0.1) is 0 Å². The number of amides is 1. The second-order valence-corrected chi connectivity index (χ2v) is 5.32. The smallest absolute Gasteiger partial charge is 0.253 e. The van der Waals surface area contributed by atoms with E-state index in [0.29, 0.717) is 6.42 Å². The Morgan fingerprint density at radius 3 is 2.67 bits per heavy atom. The van der Waals surface area contributed by atoms with Gasteiger partial charge in [-0.05, 0) is 18.1 Å². The van der Waals surface area contributed by atoms with Crippen LogP contribution >= 0.6 is 23.2 Å². The molecule has 1 aromatic heterocycles. The molecule has 0 aliphatic rings. The van der Waals surface area contributed by atoms with E-state index in [-0.39, 0.29) is 28.3 Å². The third kappa shape index (κ3) is 4.43. The molecule has 0 fully saturated rings. The summed E-state index contributed by atoms with van der Waals surface area (Å²) in [6, 6.07) is 10.6. The molecule has 0 aliphatic heterocycles. The van der Waals surface area contributed by atoms with Crippen LogP contribution in [0.5, 0.6) is 0 Å². The van der Waals surface area contributed by atoms with Gasteiger partial charge in [-0.3, -0.25) is 4.79 Å². The average molecular weight is 325 g/mol. The summed E-state index contributed by atoms with van der Waals surface area (Å²) in [5.74, 6) is -0.390. The number of nitrogens with zero attached hydrogens (tertiary/aromatic N) is 1. The average Bonchev–Trinajstić information content (AvgIpc) is 2.50. The van der Waals surface area contributed by atoms with Crippen molar-refractivity contribution >= 4 is 29.1 Å². The van der Waals surface area contributed by atoms with Gasteiger partial charge in [0.25, 0.3) is 5.91 Å². The van der Waals surface area contributed by atoms with Gasteiger partial charge < -0.3 is 10.4 Å². The topological polar surface area (TPSA) is 62.2 Å². The Morgan fingerprint density at radius 2 is 2.00 bits per heavy atom. The summed E-state index contributed by atoms with van der Waals surface area (Å²) in [4.78, 5) is 16.0. The standard InChI is InChI=1S/C15H14Cl2N2O2/c16-13-8-18-14(17)7-12(13)15(21)19-11(9-20)6-10-4-2-1-3-5-10/h1-5,7-8,11,20H,6,9H2,(H,19,21). The molecular weight excluding hydrogens is 311 g/mol. The number of aliphatic hydroxyl groups is 1. The number of carbonyl (C=O) groups is 1. The van der Waals surface area contributed by atoms with E-state index in [0.717, 1.165) is 5.56 Å². The second-order valence-electron chi connectivity index (χ2n) is 4.53. The largest absolute Gasteiger partial charge is 0.394 e. The molecule has 1 heterocycles. The molecule has 0 bridgehead atoms. The quantitative estimate of drug-likeness (QED) is 0.831. The van der Waals surface area contributed by atoms with Gasteiger partial charge in [0.2, 0.25) is 0 Å². The third-order valence-electron chi connectivity index (χ3n) is 2.95. The number of benzene rings is 1. The van der Waals surface area contributed by atoms with Crippen LogP contribution in [0.1, 0.15) is 15.9 Å². The van der Waals surface area contributed by atoms with Crippen molar-refractivity contribution in [1.82, 2.24) is 10.3 Å². The number of nitrogens with one attached hydrogen (secondary N) is 1. The zero-order valence-corrected chi connectivity index (χ0v) is 12.6. The second kappa shape index (κ2) is 7.41. The van der Waals surface area contributed by atoms with Gasteiger partial charge in [0.15, 0.2) is 0 Å². The summed E-state index contributed by atoms with van der Waals surface area (Å²) < 4.78 is 0. The molecule has 6 heteroatoms. The fourth-order valence-electron chi connectivity index (χ4n) is 1.91. The van der Waals surface area contributed by atoms with Gasteiger partial charge >= 0.3 is 0 Å². The normalized spacial score (nSPS) is 12.0. The molecular formula is C15H14Cl2N2O2. The molecule has 0 aliphatic carbocycles. The lowest BCUT2D eigenvalue weighted by molar-refractivity contribution is 0.0916. The van der Waals surface area contributed by atoms with E-state index in [1.165, 1.54) is 12.3 Å². The van der Waals surface area contributed by atoms with E-state index >= 15 is 0 Å². The van der Waals surface area contributed by atoms with Crippen LogP contribution in [-0.4, -0.2) is 28.6 Å². The highest BCUT2D eigenvalue weighted by Gasteiger charge is 2.16. The van der Waals surface area contributed by atoms with Gasteiger partial charge in [-0.2, -0.15) is 0 Å². The lowest BCUT2D eigenvalue weighted by Gasteiger charge is -2.17. The molecule has 21 heavy (non-hydrogen) atoms. The first-order chi connectivity index (χ1) is 10.1. The van der Waals surface area contributed by atoms with Crippen molar-refractivity contribution in [2.75, 3.05) is 6.61 Å². The van der Waals surface area contributed by atoms with Gasteiger partial charge in [-0.1, -0.05) is 53.5 Å². The number of hydrogen-bond acceptors (Lipinski definition) is 3.